The first-order valence-electron chi connectivity index (χ1n) is 9.17. The van der Waals surface area contributed by atoms with Crippen LogP contribution >= 0.6 is 0 Å². The number of rotatable bonds is 6. The molecule has 4 heteroatoms. The van der Waals surface area contributed by atoms with Crippen molar-refractivity contribution < 1.29 is 4.79 Å². The average molecular weight is 355 g/mol. The largest absolute Gasteiger partial charge is 0.338 e. The minimum Gasteiger partial charge on any atom is -0.338 e. The average Bonchev–Trinajstić information content (AvgIpc) is 3.13. The minimum absolute atomic E-state index is 0.0439. The number of nitrogens with zero attached hydrogens (tertiary/aromatic N) is 1. The quantitative estimate of drug-likeness (QED) is 0.500. The van der Waals surface area contributed by atoms with E-state index in [4.69, 9.17) is 0 Å². The van der Waals surface area contributed by atoms with Gasteiger partial charge in [0.25, 0.3) is 0 Å². The molecule has 0 saturated carbocycles. The number of aromatic amines is 1. The number of aryl methyl sites for hydroxylation is 1. The van der Waals surface area contributed by atoms with Crippen LogP contribution in [0.2, 0.25) is 0 Å². The lowest BCUT2D eigenvalue weighted by molar-refractivity contribution is -0.116. The molecule has 4 nitrogen and oxygen atoms in total. The van der Waals surface area contributed by atoms with Crippen LogP contribution in [0.5, 0.6) is 0 Å². The molecule has 0 fully saturated rings. The lowest BCUT2D eigenvalue weighted by Crippen LogP contribution is -2.11. The summed E-state index contributed by atoms with van der Waals surface area (Å²) in [5, 5.41) is 2.96. The fraction of sp³-hybridized carbons (Fsp3) is 0.130. The second-order valence-corrected chi connectivity index (χ2v) is 6.57. The second-order valence-electron chi connectivity index (χ2n) is 6.57. The SMILES string of the molecule is O=C(CCCc1ccccc1)Nc1ccc(-c2nc3ccccc3[nH]2)cc1. The molecule has 0 aliphatic carbocycles. The molecule has 0 aliphatic rings. The fourth-order valence-corrected chi connectivity index (χ4v) is 3.12. The number of hydrogen-bond acceptors (Lipinski definition) is 2. The highest BCUT2D eigenvalue weighted by Crippen LogP contribution is 2.22. The summed E-state index contributed by atoms with van der Waals surface area (Å²) in [6.45, 7) is 0. The van der Waals surface area contributed by atoms with E-state index in [2.05, 4.69) is 27.4 Å². The summed E-state index contributed by atoms with van der Waals surface area (Å²) < 4.78 is 0. The Labute approximate surface area is 158 Å². The fourth-order valence-electron chi connectivity index (χ4n) is 3.12. The summed E-state index contributed by atoms with van der Waals surface area (Å²) in [5.41, 5.74) is 5.03. The first-order chi connectivity index (χ1) is 13.3. The number of anilines is 1. The van der Waals surface area contributed by atoms with E-state index in [9.17, 15) is 4.79 Å². The van der Waals surface area contributed by atoms with Crippen molar-refractivity contribution in [2.75, 3.05) is 5.32 Å². The molecule has 1 heterocycles. The number of carbonyl (C=O) groups is 1. The molecule has 4 aromatic rings. The van der Waals surface area contributed by atoms with Crippen molar-refractivity contribution in [3.63, 3.8) is 0 Å². The number of nitrogens with one attached hydrogen (secondary N) is 2. The van der Waals surface area contributed by atoms with Gasteiger partial charge in [0.05, 0.1) is 11.0 Å². The van der Waals surface area contributed by atoms with Crippen LogP contribution in [0.15, 0.2) is 78.9 Å². The second kappa shape index (κ2) is 7.87. The van der Waals surface area contributed by atoms with Gasteiger partial charge in [-0.05, 0) is 54.8 Å². The van der Waals surface area contributed by atoms with Crippen LogP contribution < -0.4 is 5.32 Å². The first kappa shape index (κ1) is 17.0. The molecule has 0 radical (unpaired) electrons. The molecule has 0 atom stereocenters. The van der Waals surface area contributed by atoms with Crippen molar-refractivity contribution >= 4 is 22.6 Å². The molecule has 4 rings (SSSR count). The van der Waals surface area contributed by atoms with Crippen LogP contribution in [0.1, 0.15) is 18.4 Å². The van der Waals surface area contributed by atoms with Crippen LogP contribution in [0.3, 0.4) is 0 Å². The van der Waals surface area contributed by atoms with E-state index < -0.39 is 0 Å². The molecular formula is C23H21N3O. The Morgan fingerprint density at radius 1 is 0.889 bits per heavy atom. The van der Waals surface area contributed by atoms with E-state index in [1.165, 1.54) is 5.56 Å². The van der Waals surface area contributed by atoms with Gasteiger partial charge in [0.15, 0.2) is 0 Å². The summed E-state index contributed by atoms with van der Waals surface area (Å²) >= 11 is 0. The van der Waals surface area contributed by atoms with Gasteiger partial charge < -0.3 is 10.3 Å². The van der Waals surface area contributed by atoms with Crippen LogP contribution in [-0.4, -0.2) is 15.9 Å². The predicted molar refractivity (Wildman–Crippen MR) is 110 cm³/mol. The lowest BCUT2D eigenvalue weighted by atomic mass is 10.1. The van der Waals surface area contributed by atoms with E-state index in [1.54, 1.807) is 0 Å². The molecule has 0 bridgehead atoms. The third kappa shape index (κ3) is 4.23. The summed E-state index contributed by atoms with van der Waals surface area (Å²) in [7, 11) is 0. The third-order valence-electron chi connectivity index (χ3n) is 4.54. The maximum Gasteiger partial charge on any atom is 0.224 e. The normalized spacial score (nSPS) is 10.8. The number of para-hydroxylation sites is 2. The Morgan fingerprint density at radius 3 is 2.41 bits per heavy atom. The van der Waals surface area contributed by atoms with Gasteiger partial charge in [-0.2, -0.15) is 0 Å². The van der Waals surface area contributed by atoms with Crippen molar-refractivity contribution in [2.24, 2.45) is 0 Å². The van der Waals surface area contributed by atoms with Crippen molar-refractivity contribution in [2.45, 2.75) is 19.3 Å². The summed E-state index contributed by atoms with van der Waals surface area (Å²) in [6.07, 6.45) is 2.27. The molecule has 134 valence electrons. The molecule has 1 amide bonds. The standard InChI is InChI=1S/C23H21N3O/c27-22(12-6-9-17-7-2-1-3-8-17)24-19-15-13-18(14-16-19)23-25-20-10-4-5-11-21(20)26-23/h1-5,7-8,10-11,13-16H,6,9,12H2,(H,24,27)(H,25,26). The Kier molecular flexibility index (Phi) is 4.97. The van der Waals surface area contributed by atoms with Gasteiger partial charge >= 0.3 is 0 Å². The smallest absolute Gasteiger partial charge is 0.224 e. The van der Waals surface area contributed by atoms with Crippen LogP contribution in [0.4, 0.5) is 5.69 Å². The molecule has 2 N–H and O–H groups in total. The number of amides is 1. The predicted octanol–water partition coefficient (Wildman–Crippen LogP) is 5.19. The van der Waals surface area contributed by atoms with E-state index in [0.717, 1.165) is 41.0 Å². The zero-order valence-corrected chi connectivity index (χ0v) is 15.0. The van der Waals surface area contributed by atoms with E-state index in [1.807, 2.05) is 66.7 Å². The van der Waals surface area contributed by atoms with E-state index >= 15 is 0 Å². The number of aromatic nitrogens is 2. The van der Waals surface area contributed by atoms with Crippen LogP contribution in [0.25, 0.3) is 22.4 Å². The Balaban J connectivity index is 1.34. The molecule has 27 heavy (non-hydrogen) atoms. The Morgan fingerprint density at radius 2 is 1.63 bits per heavy atom. The molecular weight excluding hydrogens is 334 g/mol. The molecule has 0 aliphatic heterocycles. The highest BCUT2D eigenvalue weighted by molar-refractivity contribution is 5.91. The molecule has 0 unspecified atom stereocenters. The van der Waals surface area contributed by atoms with Gasteiger partial charge in [-0.15, -0.1) is 0 Å². The monoisotopic (exact) mass is 355 g/mol. The number of fused-ring (bicyclic) bond motifs is 1. The molecule has 1 aromatic heterocycles. The number of hydrogen-bond donors (Lipinski definition) is 2. The third-order valence-corrected chi connectivity index (χ3v) is 4.54. The zero-order valence-electron chi connectivity index (χ0n) is 15.0. The lowest BCUT2D eigenvalue weighted by Gasteiger charge is -2.06. The van der Waals surface area contributed by atoms with E-state index in [-0.39, 0.29) is 5.91 Å². The topological polar surface area (TPSA) is 57.8 Å². The number of benzene rings is 3. The number of imidazole rings is 1. The summed E-state index contributed by atoms with van der Waals surface area (Å²) in [5.74, 6) is 0.874. The summed E-state index contributed by atoms with van der Waals surface area (Å²) in [4.78, 5) is 20.1. The van der Waals surface area contributed by atoms with Gasteiger partial charge in [-0.1, -0.05) is 42.5 Å². The van der Waals surface area contributed by atoms with Crippen molar-refractivity contribution in [3.05, 3.63) is 84.4 Å². The molecule has 3 aromatic carbocycles. The molecule has 0 saturated heterocycles. The van der Waals surface area contributed by atoms with Gasteiger partial charge in [-0.3, -0.25) is 4.79 Å². The maximum absolute atomic E-state index is 12.1. The summed E-state index contributed by atoms with van der Waals surface area (Å²) in [6, 6.07) is 26.0. The zero-order chi connectivity index (χ0) is 18.5. The van der Waals surface area contributed by atoms with Gasteiger partial charge in [0.2, 0.25) is 5.91 Å². The molecule has 0 spiro atoms. The maximum atomic E-state index is 12.1. The number of carbonyl (C=O) groups excluding carboxylic acids is 1. The van der Waals surface area contributed by atoms with E-state index in [0.29, 0.717) is 6.42 Å². The number of H-pyrrole nitrogens is 1. The Hall–Kier alpha value is -3.40. The Bertz CT molecular complexity index is 1000. The van der Waals surface area contributed by atoms with Gasteiger partial charge in [0, 0.05) is 17.7 Å². The van der Waals surface area contributed by atoms with Crippen LogP contribution in [-0.2, 0) is 11.2 Å². The minimum atomic E-state index is 0.0439. The highest BCUT2D eigenvalue weighted by atomic mass is 16.1. The van der Waals surface area contributed by atoms with Crippen molar-refractivity contribution in [1.29, 1.82) is 0 Å². The van der Waals surface area contributed by atoms with Crippen molar-refractivity contribution in [3.8, 4) is 11.4 Å². The van der Waals surface area contributed by atoms with Crippen molar-refractivity contribution in [1.82, 2.24) is 9.97 Å². The van der Waals surface area contributed by atoms with Gasteiger partial charge in [0.1, 0.15) is 5.82 Å². The first-order valence-corrected chi connectivity index (χ1v) is 9.17. The van der Waals surface area contributed by atoms with Gasteiger partial charge in [-0.25, -0.2) is 4.98 Å². The van der Waals surface area contributed by atoms with Crippen LogP contribution in [0, 0.1) is 0 Å². The highest BCUT2D eigenvalue weighted by Gasteiger charge is 2.06.